The number of hydrogen-bond acceptors (Lipinski definition) is 4. The molecule has 3 aromatic carbocycles. The number of rotatable bonds is 5. The summed E-state index contributed by atoms with van der Waals surface area (Å²) in [6.45, 7) is 4.23. The Morgan fingerprint density at radius 1 is 0.714 bits per heavy atom. The van der Waals surface area contributed by atoms with Crippen molar-refractivity contribution in [1.82, 2.24) is 15.2 Å². The minimum atomic E-state index is 0.502. The Kier molecular flexibility index (Phi) is 5.11. The van der Waals surface area contributed by atoms with Crippen LogP contribution in [0.1, 0.15) is 18.1 Å². The summed E-state index contributed by atoms with van der Waals surface area (Å²) < 4.78 is 0. The van der Waals surface area contributed by atoms with Gasteiger partial charge in [-0.15, -0.1) is 10.2 Å². The van der Waals surface area contributed by atoms with Crippen LogP contribution in [0, 0.1) is 6.92 Å². The highest BCUT2D eigenvalue weighted by Crippen LogP contribution is 2.30. The van der Waals surface area contributed by atoms with Gasteiger partial charge in [0.25, 0.3) is 0 Å². The normalized spacial score (nSPS) is 10.6. The average Bonchev–Trinajstić information content (AvgIpc) is 2.76. The van der Waals surface area contributed by atoms with Gasteiger partial charge in [-0.25, -0.2) is 4.98 Å². The predicted molar refractivity (Wildman–Crippen MR) is 115 cm³/mol. The van der Waals surface area contributed by atoms with Crippen molar-refractivity contribution in [3.8, 4) is 22.5 Å². The second-order valence-electron chi connectivity index (χ2n) is 6.65. The molecule has 0 atom stereocenters. The number of hydrogen-bond donors (Lipinski definition) is 1. The summed E-state index contributed by atoms with van der Waals surface area (Å²) in [7, 11) is 0. The molecule has 1 aromatic heterocycles. The Morgan fingerprint density at radius 3 is 2.00 bits per heavy atom. The average molecular weight is 366 g/mol. The number of anilines is 2. The summed E-state index contributed by atoms with van der Waals surface area (Å²) >= 11 is 0. The summed E-state index contributed by atoms with van der Waals surface area (Å²) in [6.07, 6.45) is 0.936. The van der Waals surface area contributed by atoms with Crippen LogP contribution in [-0.4, -0.2) is 15.2 Å². The molecule has 0 aliphatic heterocycles. The Hall–Kier alpha value is -3.53. The Bertz CT molecular complexity index is 1080. The van der Waals surface area contributed by atoms with Crippen molar-refractivity contribution < 1.29 is 0 Å². The van der Waals surface area contributed by atoms with Crippen LogP contribution in [0.4, 0.5) is 11.6 Å². The zero-order chi connectivity index (χ0) is 19.3. The summed E-state index contributed by atoms with van der Waals surface area (Å²) in [4.78, 5) is 4.85. The molecule has 0 radical (unpaired) electrons. The molecule has 4 nitrogen and oxygen atoms in total. The fourth-order valence-electron chi connectivity index (χ4n) is 3.28. The zero-order valence-electron chi connectivity index (χ0n) is 16.1. The number of aryl methyl sites for hydroxylation is 2. The molecule has 0 fully saturated rings. The van der Waals surface area contributed by atoms with Crippen LogP contribution in [0.3, 0.4) is 0 Å². The Labute approximate surface area is 165 Å². The summed E-state index contributed by atoms with van der Waals surface area (Å²) in [5.74, 6) is 0.502. The van der Waals surface area contributed by atoms with Gasteiger partial charge in [-0.1, -0.05) is 85.8 Å². The van der Waals surface area contributed by atoms with Gasteiger partial charge in [0.15, 0.2) is 0 Å². The second-order valence-corrected chi connectivity index (χ2v) is 6.65. The highest BCUT2D eigenvalue weighted by Gasteiger charge is 2.14. The van der Waals surface area contributed by atoms with Crippen LogP contribution >= 0.6 is 0 Å². The maximum absolute atomic E-state index is 4.85. The number of nitrogens with one attached hydrogen (secondary N) is 1. The van der Waals surface area contributed by atoms with E-state index in [9.17, 15) is 0 Å². The van der Waals surface area contributed by atoms with Crippen LogP contribution in [0.5, 0.6) is 0 Å². The number of benzene rings is 3. The van der Waals surface area contributed by atoms with Crippen LogP contribution in [0.2, 0.25) is 0 Å². The SMILES string of the molecule is CCc1cccc(C)c1Nc1nnc(-c2ccccc2)c(-c2ccccc2)n1. The topological polar surface area (TPSA) is 50.7 Å². The van der Waals surface area contributed by atoms with Crippen molar-refractivity contribution in [3.63, 3.8) is 0 Å². The lowest BCUT2D eigenvalue weighted by atomic mass is 10.0. The summed E-state index contributed by atoms with van der Waals surface area (Å²) in [5.41, 5.74) is 7.05. The van der Waals surface area contributed by atoms with Crippen LogP contribution in [0.15, 0.2) is 78.9 Å². The largest absolute Gasteiger partial charge is 0.322 e. The molecule has 0 amide bonds. The van der Waals surface area contributed by atoms with E-state index in [2.05, 4.69) is 47.6 Å². The van der Waals surface area contributed by atoms with Gasteiger partial charge in [0.1, 0.15) is 11.4 Å². The summed E-state index contributed by atoms with van der Waals surface area (Å²) in [5, 5.41) is 12.3. The number of para-hydroxylation sites is 1. The van der Waals surface area contributed by atoms with Gasteiger partial charge in [-0.05, 0) is 24.5 Å². The molecular weight excluding hydrogens is 344 g/mol. The van der Waals surface area contributed by atoms with Crippen LogP contribution in [0.25, 0.3) is 22.5 Å². The molecule has 1 N–H and O–H groups in total. The predicted octanol–water partition coefficient (Wildman–Crippen LogP) is 5.82. The first-order valence-electron chi connectivity index (χ1n) is 9.47. The third kappa shape index (κ3) is 3.62. The fourth-order valence-corrected chi connectivity index (χ4v) is 3.28. The van der Waals surface area contributed by atoms with Crippen molar-refractivity contribution in [2.24, 2.45) is 0 Å². The molecule has 0 aliphatic rings. The van der Waals surface area contributed by atoms with E-state index in [-0.39, 0.29) is 0 Å². The third-order valence-electron chi connectivity index (χ3n) is 4.76. The Morgan fingerprint density at radius 2 is 1.36 bits per heavy atom. The van der Waals surface area contributed by atoms with Crippen molar-refractivity contribution in [3.05, 3.63) is 90.0 Å². The van der Waals surface area contributed by atoms with Gasteiger partial charge in [-0.3, -0.25) is 0 Å². The van der Waals surface area contributed by atoms with E-state index < -0.39 is 0 Å². The monoisotopic (exact) mass is 366 g/mol. The highest BCUT2D eigenvalue weighted by molar-refractivity contribution is 5.78. The van der Waals surface area contributed by atoms with E-state index in [1.54, 1.807) is 0 Å². The molecule has 0 unspecified atom stereocenters. The standard InChI is InChI=1S/C24H22N4/c1-3-18-16-10-11-17(2)21(18)25-24-26-22(19-12-6-4-7-13-19)23(27-28-24)20-14-8-5-9-15-20/h4-16H,3H2,1-2H3,(H,25,26,28). The highest BCUT2D eigenvalue weighted by atomic mass is 15.2. The van der Waals surface area contributed by atoms with Crippen molar-refractivity contribution >= 4 is 11.6 Å². The van der Waals surface area contributed by atoms with E-state index in [1.165, 1.54) is 5.56 Å². The smallest absolute Gasteiger partial charge is 0.247 e. The molecule has 0 spiro atoms. The number of nitrogens with zero attached hydrogens (tertiary/aromatic N) is 3. The molecule has 1 heterocycles. The van der Waals surface area contributed by atoms with Crippen molar-refractivity contribution in [1.29, 1.82) is 0 Å². The van der Waals surface area contributed by atoms with Gasteiger partial charge in [0, 0.05) is 16.8 Å². The van der Waals surface area contributed by atoms with E-state index in [4.69, 9.17) is 4.98 Å². The molecule has 0 aliphatic carbocycles. The molecule has 138 valence electrons. The van der Waals surface area contributed by atoms with Crippen LogP contribution in [-0.2, 0) is 6.42 Å². The van der Waals surface area contributed by atoms with Crippen LogP contribution < -0.4 is 5.32 Å². The molecule has 0 bridgehead atoms. The second kappa shape index (κ2) is 8.01. The van der Waals surface area contributed by atoms with E-state index >= 15 is 0 Å². The first-order valence-corrected chi connectivity index (χ1v) is 9.47. The van der Waals surface area contributed by atoms with Crippen molar-refractivity contribution in [2.75, 3.05) is 5.32 Å². The molecular formula is C24H22N4. The summed E-state index contributed by atoms with van der Waals surface area (Å²) in [6, 6.07) is 26.5. The maximum atomic E-state index is 4.85. The van der Waals surface area contributed by atoms with E-state index in [0.29, 0.717) is 5.95 Å². The lowest BCUT2D eigenvalue weighted by Crippen LogP contribution is -2.05. The van der Waals surface area contributed by atoms with Gasteiger partial charge in [0.2, 0.25) is 5.95 Å². The molecule has 4 heteroatoms. The minimum absolute atomic E-state index is 0.502. The Balaban J connectivity index is 1.82. The zero-order valence-corrected chi connectivity index (χ0v) is 16.1. The van der Waals surface area contributed by atoms with Gasteiger partial charge in [0.05, 0.1) is 0 Å². The molecule has 0 saturated carbocycles. The molecule has 0 saturated heterocycles. The van der Waals surface area contributed by atoms with Crippen molar-refractivity contribution in [2.45, 2.75) is 20.3 Å². The van der Waals surface area contributed by atoms with E-state index in [1.807, 2.05) is 60.7 Å². The lowest BCUT2D eigenvalue weighted by Gasteiger charge is -2.14. The molecule has 28 heavy (non-hydrogen) atoms. The van der Waals surface area contributed by atoms with E-state index in [0.717, 1.165) is 40.2 Å². The molecule has 4 rings (SSSR count). The first-order chi connectivity index (χ1) is 13.8. The first kappa shape index (κ1) is 17.9. The maximum Gasteiger partial charge on any atom is 0.247 e. The van der Waals surface area contributed by atoms with Gasteiger partial charge < -0.3 is 5.32 Å². The molecule has 4 aromatic rings. The van der Waals surface area contributed by atoms with Gasteiger partial charge >= 0.3 is 0 Å². The van der Waals surface area contributed by atoms with Gasteiger partial charge in [-0.2, -0.15) is 0 Å². The quantitative estimate of drug-likeness (QED) is 0.483. The fraction of sp³-hybridized carbons (Fsp3) is 0.125. The lowest BCUT2D eigenvalue weighted by molar-refractivity contribution is 0.986. The third-order valence-corrected chi connectivity index (χ3v) is 4.76. The minimum Gasteiger partial charge on any atom is -0.322 e. The number of aromatic nitrogens is 3.